The van der Waals surface area contributed by atoms with E-state index in [1.165, 1.54) is 5.56 Å². The molecule has 0 unspecified atom stereocenters. The standard InChI is InChI=1S/C37H50N4O6/c1-6-34-40-31(22-46-34)29-17-18-38-33(20-29)41(21-25-7-9-26(10-8-25)28-13-16-32(45-5)24(2)19-28)35(42)27-11-14-30(15-12-27)47-36(43)39-23-37(3,4)44/h13,16-20,22,25-27,30,44H,6-12,14-15,21,23H2,1-5H3,(H,39,43). The van der Waals surface area contributed by atoms with Crippen LogP contribution in [0.4, 0.5) is 10.6 Å². The molecule has 3 aromatic rings. The van der Waals surface area contributed by atoms with Crippen LogP contribution in [0.5, 0.6) is 5.75 Å². The molecule has 0 saturated heterocycles. The summed E-state index contributed by atoms with van der Waals surface area (Å²) in [5.74, 6) is 2.96. The molecular formula is C37H50N4O6. The van der Waals surface area contributed by atoms with Crippen LogP contribution in [0, 0.1) is 18.8 Å². The Labute approximate surface area is 278 Å². The molecule has 2 heterocycles. The summed E-state index contributed by atoms with van der Waals surface area (Å²) in [5.41, 5.74) is 3.09. The minimum Gasteiger partial charge on any atom is -0.496 e. The molecule has 2 aliphatic rings. The van der Waals surface area contributed by atoms with E-state index in [1.807, 2.05) is 24.0 Å². The zero-order valence-corrected chi connectivity index (χ0v) is 28.5. The molecule has 254 valence electrons. The van der Waals surface area contributed by atoms with Crippen LogP contribution in [0.2, 0.25) is 0 Å². The fourth-order valence-corrected chi connectivity index (χ4v) is 6.85. The van der Waals surface area contributed by atoms with Crippen LogP contribution in [0.25, 0.3) is 11.3 Å². The van der Waals surface area contributed by atoms with Gasteiger partial charge in [-0.25, -0.2) is 14.8 Å². The van der Waals surface area contributed by atoms with E-state index in [0.29, 0.717) is 62.2 Å². The van der Waals surface area contributed by atoms with E-state index in [0.717, 1.165) is 48.3 Å². The summed E-state index contributed by atoms with van der Waals surface area (Å²) in [4.78, 5) is 37.7. The highest BCUT2D eigenvalue weighted by Gasteiger charge is 2.34. The summed E-state index contributed by atoms with van der Waals surface area (Å²) in [6.45, 7) is 8.06. The molecule has 0 spiro atoms. The highest BCUT2D eigenvalue weighted by Crippen LogP contribution is 2.39. The lowest BCUT2D eigenvalue weighted by Gasteiger charge is -2.35. The fourth-order valence-electron chi connectivity index (χ4n) is 6.85. The molecule has 1 aromatic carbocycles. The molecular weight excluding hydrogens is 596 g/mol. The van der Waals surface area contributed by atoms with Crippen molar-refractivity contribution in [3.63, 3.8) is 0 Å². The zero-order valence-electron chi connectivity index (χ0n) is 28.5. The Kier molecular flexibility index (Phi) is 11.2. The van der Waals surface area contributed by atoms with E-state index in [2.05, 4.69) is 35.4 Å². The van der Waals surface area contributed by atoms with Crippen LogP contribution in [0.1, 0.15) is 95.1 Å². The third kappa shape index (κ3) is 9.12. The van der Waals surface area contributed by atoms with Gasteiger partial charge in [0, 0.05) is 37.2 Å². The lowest BCUT2D eigenvalue weighted by atomic mass is 9.78. The minimum absolute atomic E-state index is 0.0712. The number of rotatable bonds is 11. The van der Waals surface area contributed by atoms with E-state index in [-0.39, 0.29) is 24.5 Å². The zero-order chi connectivity index (χ0) is 33.6. The number of carbonyl (C=O) groups excluding carboxylic acids is 2. The molecule has 0 radical (unpaired) electrons. The Hall–Kier alpha value is -3.92. The van der Waals surface area contributed by atoms with E-state index < -0.39 is 11.7 Å². The number of ether oxygens (including phenoxy) is 2. The normalized spacial score (nSPS) is 21.6. The maximum Gasteiger partial charge on any atom is 0.407 e. The number of aliphatic hydroxyl groups is 1. The summed E-state index contributed by atoms with van der Waals surface area (Å²) >= 11 is 0. The van der Waals surface area contributed by atoms with Gasteiger partial charge in [0.25, 0.3) is 0 Å². The number of aromatic nitrogens is 2. The average molecular weight is 647 g/mol. The van der Waals surface area contributed by atoms with Crippen LogP contribution in [0.15, 0.2) is 47.2 Å². The Bertz CT molecular complexity index is 1500. The maximum absolute atomic E-state index is 14.3. The molecule has 10 heteroatoms. The first-order valence-electron chi connectivity index (χ1n) is 17.1. The van der Waals surface area contributed by atoms with Gasteiger partial charge in [0.15, 0.2) is 5.89 Å². The first kappa shape index (κ1) is 34.4. The Morgan fingerprint density at radius 1 is 1.06 bits per heavy atom. The number of amides is 2. The molecule has 0 atom stereocenters. The van der Waals surface area contributed by atoms with E-state index in [9.17, 15) is 14.7 Å². The molecule has 2 amide bonds. The smallest absolute Gasteiger partial charge is 0.407 e. The summed E-state index contributed by atoms with van der Waals surface area (Å²) in [5, 5.41) is 12.5. The van der Waals surface area contributed by atoms with Crippen LogP contribution in [0.3, 0.4) is 0 Å². The van der Waals surface area contributed by atoms with Crippen molar-refractivity contribution >= 4 is 17.8 Å². The lowest BCUT2D eigenvalue weighted by molar-refractivity contribution is -0.124. The van der Waals surface area contributed by atoms with Crippen LogP contribution < -0.4 is 15.0 Å². The van der Waals surface area contributed by atoms with Gasteiger partial charge in [-0.1, -0.05) is 19.1 Å². The van der Waals surface area contributed by atoms with Gasteiger partial charge in [-0.2, -0.15) is 0 Å². The molecule has 2 fully saturated rings. The van der Waals surface area contributed by atoms with Crippen molar-refractivity contribution in [2.75, 3.05) is 25.1 Å². The summed E-state index contributed by atoms with van der Waals surface area (Å²) in [6.07, 6.45) is 9.99. The second kappa shape index (κ2) is 15.3. The number of methoxy groups -OCH3 is 1. The quantitative estimate of drug-likeness (QED) is 0.229. The number of nitrogens with one attached hydrogen (secondary N) is 1. The van der Waals surface area contributed by atoms with E-state index >= 15 is 0 Å². The number of hydrogen-bond donors (Lipinski definition) is 2. The van der Waals surface area contributed by atoms with E-state index in [1.54, 1.807) is 33.4 Å². The predicted molar refractivity (Wildman–Crippen MR) is 180 cm³/mol. The van der Waals surface area contributed by atoms with Crippen LogP contribution in [-0.2, 0) is 16.0 Å². The first-order valence-corrected chi connectivity index (χ1v) is 17.1. The van der Waals surface area contributed by atoms with Crippen molar-refractivity contribution < 1.29 is 28.6 Å². The molecule has 10 nitrogen and oxygen atoms in total. The number of aryl methyl sites for hydroxylation is 2. The maximum atomic E-state index is 14.3. The van der Waals surface area contributed by atoms with Crippen LogP contribution in [-0.4, -0.2) is 59.0 Å². The number of pyridine rings is 1. The number of alkyl carbamates (subject to hydrolysis) is 1. The first-order chi connectivity index (χ1) is 22.5. The number of benzene rings is 1. The predicted octanol–water partition coefficient (Wildman–Crippen LogP) is 6.98. The van der Waals surface area contributed by atoms with Crippen LogP contribution >= 0.6 is 0 Å². The van der Waals surface area contributed by atoms with Crippen molar-refractivity contribution in [1.82, 2.24) is 15.3 Å². The minimum atomic E-state index is -1.02. The van der Waals surface area contributed by atoms with Gasteiger partial charge < -0.3 is 24.3 Å². The van der Waals surface area contributed by atoms with Gasteiger partial charge in [-0.3, -0.25) is 9.69 Å². The molecule has 0 aliphatic heterocycles. The fraction of sp³-hybridized carbons (Fsp3) is 0.568. The largest absolute Gasteiger partial charge is 0.496 e. The van der Waals surface area contributed by atoms with Gasteiger partial charge >= 0.3 is 6.09 Å². The summed E-state index contributed by atoms with van der Waals surface area (Å²) in [7, 11) is 1.71. The van der Waals surface area contributed by atoms with Gasteiger partial charge in [0.2, 0.25) is 5.91 Å². The monoisotopic (exact) mass is 646 g/mol. The number of carbonyl (C=O) groups is 2. The van der Waals surface area contributed by atoms with E-state index in [4.69, 9.17) is 18.9 Å². The molecule has 5 rings (SSSR count). The molecule has 2 saturated carbocycles. The molecule has 47 heavy (non-hydrogen) atoms. The molecule has 0 bridgehead atoms. The Morgan fingerprint density at radius 3 is 2.45 bits per heavy atom. The number of hydrogen-bond acceptors (Lipinski definition) is 8. The van der Waals surface area contributed by atoms with Gasteiger partial charge in [0.1, 0.15) is 29.6 Å². The molecule has 2 N–H and O–H groups in total. The number of oxazole rings is 1. The molecule has 2 aromatic heterocycles. The second-order valence-corrected chi connectivity index (χ2v) is 13.8. The highest BCUT2D eigenvalue weighted by atomic mass is 16.6. The lowest BCUT2D eigenvalue weighted by Crippen LogP contribution is -2.43. The van der Waals surface area contributed by atoms with Gasteiger partial charge in [0.05, 0.1) is 12.7 Å². The summed E-state index contributed by atoms with van der Waals surface area (Å²) in [6, 6.07) is 10.4. The Morgan fingerprint density at radius 2 is 1.81 bits per heavy atom. The third-order valence-corrected chi connectivity index (χ3v) is 9.58. The molecule has 2 aliphatic carbocycles. The number of anilines is 1. The second-order valence-electron chi connectivity index (χ2n) is 13.8. The topological polar surface area (TPSA) is 127 Å². The van der Waals surface area contributed by atoms with Crippen molar-refractivity contribution in [3.05, 3.63) is 59.8 Å². The van der Waals surface area contributed by atoms with Crippen molar-refractivity contribution in [2.24, 2.45) is 11.8 Å². The average Bonchev–Trinajstić information content (AvgIpc) is 3.56. The summed E-state index contributed by atoms with van der Waals surface area (Å²) < 4.78 is 16.7. The highest BCUT2D eigenvalue weighted by molar-refractivity contribution is 5.94. The van der Waals surface area contributed by atoms with Gasteiger partial charge in [-0.05, 0) is 113 Å². The number of nitrogens with zero attached hydrogens (tertiary/aromatic N) is 3. The Balaban J connectivity index is 1.27. The van der Waals surface area contributed by atoms with Gasteiger partial charge in [-0.15, -0.1) is 0 Å². The van der Waals surface area contributed by atoms with Crippen molar-refractivity contribution in [3.8, 4) is 17.0 Å². The SMILES string of the molecule is CCc1nc(-c2ccnc(N(CC3CCC(c4ccc(OC)c(C)c4)CC3)C(=O)C3CCC(OC(=O)NCC(C)(C)O)CC3)c2)co1. The van der Waals surface area contributed by atoms with Crippen molar-refractivity contribution in [2.45, 2.75) is 103 Å². The van der Waals surface area contributed by atoms with Crippen molar-refractivity contribution in [1.29, 1.82) is 0 Å². The third-order valence-electron chi connectivity index (χ3n) is 9.58.